The highest BCUT2D eigenvalue weighted by Crippen LogP contribution is 2.13. The second-order valence-electron chi connectivity index (χ2n) is 4.16. The molecule has 0 radical (unpaired) electrons. The predicted octanol–water partition coefficient (Wildman–Crippen LogP) is 1.88. The molecule has 1 aliphatic heterocycles. The first-order chi connectivity index (χ1) is 8.28. The summed E-state index contributed by atoms with van der Waals surface area (Å²) < 4.78 is 11.2. The second kappa shape index (κ2) is 6.83. The van der Waals surface area contributed by atoms with Crippen molar-refractivity contribution in [1.29, 1.82) is 0 Å². The van der Waals surface area contributed by atoms with Gasteiger partial charge in [-0.25, -0.2) is 4.98 Å². The molecule has 0 N–H and O–H groups in total. The van der Waals surface area contributed by atoms with Crippen LogP contribution in [0.1, 0.15) is 17.1 Å². The van der Waals surface area contributed by atoms with E-state index >= 15 is 0 Å². The van der Waals surface area contributed by atoms with Crippen molar-refractivity contribution in [1.82, 2.24) is 9.88 Å². The van der Waals surface area contributed by atoms with Gasteiger partial charge >= 0.3 is 0 Å². The van der Waals surface area contributed by atoms with Crippen LogP contribution in [-0.4, -0.2) is 45.2 Å². The molecule has 1 aromatic heterocycles. The Labute approximate surface area is 114 Å². The molecule has 0 aliphatic carbocycles. The number of rotatable bonds is 5. The minimum Gasteiger partial charge on any atom is -0.301 e. The van der Waals surface area contributed by atoms with Gasteiger partial charge in [-0.3, -0.25) is 4.21 Å². The summed E-state index contributed by atoms with van der Waals surface area (Å²) in [4.78, 5) is 6.84. The minimum absolute atomic E-state index is 0.508. The summed E-state index contributed by atoms with van der Waals surface area (Å²) in [5.74, 6) is 2.19. The van der Waals surface area contributed by atoms with Crippen molar-refractivity contribution in [2.75, 3.05) is 31.1 Å². The summed E-state index contributed by atoms with van der Waals surface area (Å²) in [5, 5.41) is 3.22. The number of hydrogen-bond donors (Lipinski definition) is 0. The molecule has 0 aromatic carbocycles. The molecule has 2 rings (SSSR count). The fourth-order valence-electron chi connectivity index (χ4n) is 1.88. The summed E-state index contributed by atoms with van der Waals surface area (Å²) in [7, 11) is -0.567. The lowest BCUT2D eigenvalue weighted by atomic mass is 10.3. The van der Waals surface area contributed by atoms with Crippen LogP contribution in [0.3, 0.4) is 0 Å². The van der Waals surface area contributed by atoms with Gasteiger partial charge in [-0.05, 0) is 13.0 Å². The van der Waals surface area contributed by atoms with Crippen molar-refractivity contribution in [3.05, 3.63) is 16.1 Å². The Morgan fingerprint density at radius 3 is 2.88 bits per heavy atom. The van der Waals surface area contributed by atoms with Crippen LogP contribution in [0.4, 0.5) is 0 Å². The predicted molar refractivity (Wildman–Crippen MR) is 74.3 cm³/mol. The zero-order chi connectivity index (χ0) is 12.1. The topological polar surface area (TPSA) is 33.2 Å². The Morgan fingerprint density at radius 1 is 1.47 bits per heavy atom. The van der Waals surface area contributed by atoms with E-state index in [4.69, 9.17) is 11.6 Å². The van der Waals surface area contributed by atoms with Crippen LogP contribution in [0.2, 0.25) is 0 Å². The third-order valence-corrected chi connectivity index (χ3v) is 5.38. The third-order valence-electron chi connectivity index (χ3n) is 2.87. The van der Waals surface area contributed by atoms with E-state index < -0.39 is 10.8 Å². The first-order valence-electron chi connectivity index (χ1n) is 5.84. The SMILES string of the molecule is O=S1CCN(CCCc2nc(CCl)cs2)CC1. The number of halogens is 1. The lowest BCUT2D eigenvalue weighted by Crippen LogP contribution is -2.38. The Balaban J connectivity index is 1.67. The molecule has 0 bridgehead atoms. The summed E-state index contributed by atoms with van der Waals surface area (Å²) >= 11 is 7.42. The lowest BCUT2D eigenvalue weighted by molar-refractivity contribution is 0.295. The summed E-state index contributed by atoms with van der Waals surface area (Å²) in [6, 6.07) is 0. The van der Waals surface area contributed by atoms with Gasteiger partial charge in [-0.15, -0.1) is 22.9 Å². The molecule has 1 fully saturated rings. The van der Waals surface area contributed by atoms with E-state index in [9.17, 15) is 4.21 Å². The van der Waals surface area contributed by atoms with Crippen LogP contribution in [0.25, 0.3) is 0 Å². The lowest BCUT2D eigenvalue weighted by Gasteiger charge is -2.25. The molecule has 0 amide bonds. The minimum atomic E-state index is -0.567. The van der Waals surface area contributed by atoms with Gasteiger partial charge in [-0.1, -0.05) is 0 Å². The van der Waals surface area contributed by atoms with Gasteiger partial charge in [0.15, 0.2) is 0 Å². The second-order valence-corrected chi connectivity index (χ2v) is 7.07. The van der Waals surface area contributed by atoms with Crippen LogP contribution >= 0.6 is 22.9 Å². The normalized spacial score (nSPS) is 18.6. The van der Waals surface area contributed by atoms with Crippen LogP contribution in [-0.2, 0) is 23.1 Å². The summed E-state index contributed by atoms with van der Waals surface area (Å²) in [5.41, 5.74) is 0.986. The number of hydrogen-bond acceptors (Lipinski definition) is 4. The molecule has 96 valence electrons. The first-order valence-corrected chi connectivity index (χ1v) is 8.74. The van der Waals surface area contributed by atoms with Gasteiger partial charge in [0.1, 0.15) is 0 Å². The number of nitrogens with zero attached hydrogens (tertiary/aromatic N) is 2. The molecule has 3 nitrogen and oxygen atoms in total. The molecular formula is C11H17ClN2OS2. The van der Waals surface area contributed by atoms with Gasteiger partial charge in [0.05, 0.1) is 16.6 Å². The maximum Gasteiger partial charge on any atom is 0.0929 e. The molecule has 17 heavy (non-hydrogen) atoms. The molecule has 0 saturated carbocycles. The Bertz CT molecular complexity index is 373. The molecule has 1 aromatic rings. The number of thiazole rings is 1. The van der Waals surface area contributed by atoms with Gasteiger partial charge in [0.2, 0.25) is 0 Å². The van der Waals surface area contributed by atoms with Crippen LogP contribution in [0.5, 0.6) is 0 Å². The zero-order valence-corrected chi connectivity index (χ0v) is 12.1. The van der Waals surface area contributed by atoms with E-state index in [0.29, 0.717) is 5.88 Å². The molecule has 1 saturated heterocycles. The van der Waals surface area contributed by atoms with Crippen molar-refractivity contribution in [2.24, 2.45) is 0 Å². The van der Waals surface area contributed by atoms with Crippen molar-refractivity contribution < 1.29 is 4.21 Å². The summed E-state index contributed by atoms with van der Waals surface area (Å²) in [6.45, 7) is 3.06. The Hall–Kier alpha value is 0.0300. The maximum absolute atomic E-state index is 11.2. The summed E-state index contributed by atoms with van der Waals surface area (Å²) in [6.07, 6.45) is 2.16. The van der Waals surface area contributed by atoms with Gasteiger partial charge in [0, 0.05) is 47.2 Å². The average molecular weight is 293 g/mol. The number of aryl methyl sites for hydroxylation is 1. The average Bonchev–Trinajstić information content (AvgIpc) is 2.80. The van der Waals surface area contributed by atoms with Crippen LogP contribution in [0, 0.1) is 0 Å². The van der Waals surface area contributed by atoms with E-state index in [0.717, 1.165) is 49.7 Å². The molecule has 0 unspecified atom stereocenters. The van der Waals surface area contributed by atoms with E-state index in [1.807, 2.05) is 5.38 Å². The van der Waals surface area contributed by atoms with Crippen molar-refractivity contribution in [3.8, 4) is 0 Å². The van der Waals surface area contributed by atoms with E-state index in [1.165, 1.54) is 5.01 Å². The monoisotopic (exact) mass is 292 g/mol. The fraction of sp³-hybridized carbons (Fsp3) is 0.727. The smallest absolute Gasteiger partial charge is 0.0929 e. The standard InChI is InChI=1S/C11H17ClN2OS2/c12-8-10-9-16-11(13-10)2-1-3-14-4-6-17(15)7-5-14/h9H,1-8H2. The third kappa shape index (κ3) is 4.32. The van der Waals surface area contributed by atoms with Crippen molar-refractivity contribution >= 4 is 33.7 Å². The fourth-order valence-corrected chi connectivity index (χ4v) is 4.07. The quantitative estimate of drug-likeness (QED) is 0.777. The first kappa shape index (κ1) is 13.5. The zero-order valence-electron chi connectivity index (χ0n) is 9.73. The molecule has 0 atom stereocenters. The molecule has 0 spiro atoms. The highest BCUT2D eigenvalue weighted by molar-refractivity contribution is 7.85. The van der Waals surface area contributed by atoms with E-state index in [-0.39, 0.29) is 0 Å². The van der Waals surface area contributed by atoms with Crippen molar-refractivity contribution in [2.45, 2.75) is 18.7 Å². The van der Waals surface area contributed by atoms with Crippen LogP contribution < -0.4 is 0 Å². The van der Waals surface area contributed by atoms with Crippen LogP contribution in [0.15, 0.2) is 5.38 Å². The maximum atomic E-state index is 11.2. The molecule has 6 heteroatoms. The largest absolute Gasteiger partial charge is 0.301 e. The van der Waals surface area contributed by atoms with Crippen molar-refractivity contribution in [3.63, 3.8) is 0 Å². The molecule has 1 aliphatic rings. The Kier molecular flexibility index (Phi) is 5.41. The van der Waals surface area contributed by atoms with Gasteiger partial charge < -0.3 is 4.90 Å². The molecular weight excluding hydrogens is 276 g/mol. The highest BCUT2D eigenvalue weighted by Gasteiger charge is 2.14. The van der Waals surface area contributed by atoms with E-state index in [2.05, 4.69) is 9.88 Å². The Morgan fingerprint density at radius 2 is 2.24 bits per heavy atom. The van der Waals surface area contributed by atoms with E-state index in [1.54, 1.807) is 11.3 Å². The highest BCUT2D eigenvalue weighted by atomic mass is 35.5. The van der Waals surface area contributed by atoms with Gasteiger partial charge in [-0.2, -0.15) is 0 Å². The van der Waals surface area contributed by atoms with Gasteiger partial charge in [0.25, 0.3) is 0 Å². The molecule has 2 heterocycles. The number of alkyl halides is 1. The number of aromatic nitrogens is 1.